The van der Waals surface area contributed by atoms with E-state index in [-0.39, 0.29) is 30.1 Å². The molecule has 0 spiro atoms. The number of methoxy groups -OCH3 is 1. The summed E-state index contributed by atoms with van der Waals surface area (Å²) in [5.41, 5.74) is 4.47. The van der Waals surface area contributed by atoms with Crippen molar-refractivity contribution in [1.29, 1.82) is 0 Å². The maximum Gasteiger partial charge on any atom is 0.419 e. The second-order valence-electron chi connectivity index (χ2n) is 3.37. The molecule has 0 aliphatic carbocycles. The van der Waals surface area contributed by atoms with Gasteiger partial charge in [-0.1, -0.05) is 6.07 Å². The highest BCUT2D eigenvalue weighted by Crippen LogP contribution is 2.36. The van der Waals surface area contributed by atoms with Gasteiger partial charge in [-0.05, 0) is 18.7 Å². The van der Waals surface area contributed by atoms with Gasteiger partial charge in [0.2, 0.25) is 0 Å². The highest BCUT2D eigenvalue weighted by Gasteiger charge is 2.34. The Morgan fingerprint density at radius 2 is 2.06 bits per heavy atom. The third-order valence-corrected chi connectivity index (χ3v) is 2.20. The number of carbonyl (C=O) groups is 1. The van der Waals surface area contributed by atoms with Gasteiger partial charge in [0, 0.05) is 12.0 Å². The Morgan fingerprint density at radius 1 is 1.41 bits per heavy atom. The number of hydrogen-bond donors (Lipinski definition) is 1. The number of halogens is 3. The number of rotatable bonds is 4. The first-order chi connectivity index (χ1) is 7.90. The van der Waals surface area contributed by atoms with Gasteiger partial charge in [0.15, 0.2) is 5.78 Å². The minimum Gasteiger partial charge on any atom is -0.496 e. The van der Waals surface area contributed by atoms with E-state index in [1.165, 1.54) is 0 Å². The van der Waals surface area contributed by atoms with Gasteiger partial charge >= 0.3 is 6.18 Å². The van der Waals surface area contributed by atoms with Crippen LogP contribution in [0.15, 0.2) is 18.2 Å². The summed E-state index contributed by atoms with van der Waals surface area (Å²) in [5, 5.41) is 0. The lowest BCUT2D eigenvalue weighted by molar-refractivity contribution is -0.138. The van der Waals surface area contributed by atoms with Gasteiger partial charge in [0.05, 0.1) is 12.7 Å². The van der Waals surface area contributed by atoms with Crippen LogP contribution < -0.4 is 10.5 Å². The molecule has 6 heteroatoms. The van der Waals surface area contributed by atoms with Gasteiger partial charge in [0.1, 0.15) is 5.75 Å². The van der Waals surface area contributed by atoms with Crippen LogP contribution in [0, 0.1) is 0 Å². The molecule has 0 fully saturated rings. The lowest BCUT2D eigenvalue weighted by Gasteiger charge is -2.12. The molecule has 0 heterocycles. The van der Waals surface area contributed by atoms with Crippen molar-refractivity contribution in [2.45, 2.75) is 12.6 Å². The fourth-order valence-corrected chi connectivity index (χ4v) is 1.37. The minimum absolute atomic E-state index is 0.0918. The first-order valence-electron chi connectivity index (χ1n) is 4.88. The zero-order valence-electron chi connectivity index (χ0n) is 9.17. The molecule has 17 heavy (non-hydrogen) atoms. The lowest BCUT2D eigenvalue weighted by Crippen LogP contribution is -2.11. The Kier molecular flexibility index (Phi) is 4.11. The Labute approximate surface area is 96.4 Å². The van der Waals surface area contributed by atoms with Crippen molar-refractivity contribution >= 4 is 5.78 Å². The quantitative estimate of drug-likeness (QED) is 0.830. The summed E-state index contributed by atoms with van der Waals surface area (Å²) in [7, 11) is 1.13. The van der Waals surface area contributed by atoms with E-state index in [9.17, 15) is 18.0 Å². The maximum absolute atomic E-state index is 12.5. The third-order valence-electron chi connectivity index (χ3n) is 2.20. The van der Waals surface area contributed by atoms with Crippen LogP contribution in [0.4, 0.5) is 13.2 Å². The van der Waals surface area contributed by atoms with E-state index in [0.29, 0.717) is 0 Å². The molecule has 94 valence electrons. The van der Waals surface area contributed by atoms with Crippen molar-refractivity contribution in [2.75, 3.05) is 13.7 Å². The first-order valence-corrected chi connectivity index (χ1v) is 4.88. The fraction of sp³-hybridized carbons (Fsp3) is 0.364. The second-order valence-corrected chi connectivity index (χ2v) is 3.37. The first kappa shape index (κ1) is 13.5. The standard InChI is InChI=1S/C11H12F3NO2/c1-17-10-6-7(9(16)4-5-15)2-3-8(10)11(12,13)14/h2-3,6H,4-5,15H2,1H3. The van der Waals surface area contributed by atoms with Crippen LogP contribution in [-0.4, -0.2) is 19.4 Å². The van der Waals surface area contributed by atoms with Gasteiger partial charge in [0.25, 0.3) is 0 Å². The summed E-state index contributed by atoms with van der Waals surface area (Å²) >= 11 is 0. The maximum atomic E-state index is 12.5. The Morgan fingerprint density at radius 3 is 2.53 bits per heavy atom. The van der Waals surface area contributed by atoms with Gasteiger partial charge in [-0.3, -0.25) is 4.79 Å². The molecular weight excluding hydrogens is 235 g/mol. The number of ether oxygens (including phenoxy) is 1. The van der Waals surface area contributed by atoms with Crippen LogP contribution in [0.5, 0.6) is 5.75 Å². The molecule has 0 saturated heterocycles. The van der Waals surface area contributed by atoms with Crippen molar-refractivity contribution in [2.24, 2.45) is 5.73 Å². The zero-order chi connectivity index (χ0) is 13.1. The molecule has 1 aromatic rings. The molecule has 0 radical (unpaired) electrons. The molecule has 3 nitrogen and oxygen atoms in total. The topological polar surface area (TPSA) is 52.3 Å². The molecule has 0 amide bonds. The monoisotopic (exact) mass is 247 g/mol. The van der Waals surface area contributed by atoms with E-state index >= 15 is 0 Å². The fourth-order valence-electron chi connectivity index (χ4n) is 1.37. The molecule has 0 aliphatic heterocycles. The number of carbonyl (C=O) groups excluding carboxylic acids is 1. The number of nitrogens with two attached hydrogens (primary N) is 1. The molecular formula is C11H12F3NO2. The summed E-state index contributed by atoms with van der Waals surface area (Å²) in [6.07, 6.45) is -4.41. The highest BCUT2D eigenvalue weighted by molar-refractivity contribution is 5.96. The van der Waals surface area contributed by atoms with Gasteiger partial charge in [-0.2, -0.15) is 13.2 Å². The van der Waals surface area contributed by atoms with Crippen molar-refractivity contribution < 1.29 is 22.7 Å². The molecule has 0 aromatic heterocycles. The number of benzene rings is 1. The number of alkyl halides is 3. The Hall–Kier alpha value is -1.56. The molecule has 0 atom stereocenters. The lowest BCUT2D eigenvalue weighted by atomic mass is 10.0. The predicted molar refractivity (Wildman–Crippen MR) is 56.0 cm³/mol. The van der Waals surface area contributed by atoms with E-state index < -0.39 is 11.7 Å². The van der Waals surface area contributed by atoms with Crippen LogP contribution in [0.1, 0.15) is 22.3 Å². The van der Waals surface area contributed by atoms with Crippen molar-refractivity contribution in [3.8, 4) is 5.75 Å². The molecule has 1 rings (SSSR count). The summed E-state index contributed by atoms with van der Waals surface area (Å²) in [4.78, 5) is 11.5. The van der Waals surface area contributed by atoms with Crippen LogP contribution in [0.25, 0.3) is 0 Å². The summed E-state index contributed by atoms with van der Waals surface area (Å²) in [5.74, 6) is -0.667. The molecule has 0 bridgehead atoms. The average Bonchev–Trinajstić information content (AvgIpc) is 2.27. The van der Waals surface area contributed by atoms with Crippen LogP contribution in [0.2, 0.25) is 0 Å². The van der Waals surface area contributed by atoms with E-state index in [2.05, 4.69) is 4.74 Å². The van der Waals surface area contributed by atoms with E-state index in [1.807, 2.05) is 0 Å². The predicted octanol–water partition coefficient (Wildman–Crippen LogP) is 2.25. The zero-order valence-corrected chi connectivity index (χ0v) is 9.17. The Bertz CT molecular complexity index is 416. The van der Waals surface area contributed by atoms with Crippen molar-refractivity contribution in [3.05, 3.63) is 29.3 Å². The van der Waals surface area contributed by atoms with Crippen LogP contribution in [0.3, 0.4) is 0 Å². The van der Waals surface area contributed by atoms with Gasteiger partial charge in [-0.15, -0.1) is 0 Å². The Balaban J connectivity index is 3.13. The summed E-state index contributed by atoms with van der Waals surface area (Å²) in [6.45, 7) is 0.155. The van der Waals surface area contributed by atoms with Crippen LogP contribution in [-0.2, 0) is 6.18 Å². The summed E-state index contributed by atoms with van der Waals surface area (Å²) in [6, 6.07) is 3.05. The van der Waals surface area contributed by atoms with Crippen molar-refractivity contribution in [3.63, 3.8) is 0 Å². The molecule has 0 unspecified atom stereocenters. The van der Waals surface area contributed by atoms with E-state index in [1.54, 1.807) is 0 Å². The highest BCUT2D eigenvalue weighted by atomic mass is 19.4. The molecule has 0 aliphatic rings. The van der Waals surface area contributed by atoms with Crippen molar-refractivity contribution in [1.82, 2.24) is 0 Å². The average molecular weight is 247 g/mol. The third kappa shape index (κ3) is 3.20. The van der Waals surface area contributed by atoms with Gasteiger partial charge in [-0.25, -0.2) is 0 Å². The second kappa shape index (κ2) is 5.18. The number of Topliss-reactive ketones (excluding diaryl/α,β-unsaturated/α-hetero) is 1. The number of ketones is 1. The normalized spacial score (nSPS) is 11.4. The minimum atomic E-state index is -4.50. The molecule has 1 aromatic carbocycles. The molecule has 2 N–H and O–H groups in total. The van der Waals surface area contributed by atoms with Crippen LogP contribution >= 0.6 is 0 Å². The summed E-state index contributed by atoms with van der Waals surface area (Å²) < 4.78 is 42.2. The smallest absolute Gasteiger partial charge is 0.419 e. The molecule has 0 saturated carbocycles. The van der Waals surface area contributed by atoms with E-state index in [4.69, 9.17) is 5.73 Å². The number of hydrogen-bond acceptors (Lipinski definition) is 3. The van der Waals surface area contributed by atoms with E-state index in [0.717, 1.165) is 25.3 Å². The SMILES string of the molecule is COc1cc(C(=O)CCN)ccc1C(F)(F)F. The largest absolute Gasteiger partial charge is 0.496 e. The van der Waals surface area contributed by atoms with Gasteiger partial charge < -0.3 is 10.5 Å².